The van der Waals surface area contributed by atoms with Gasteiger partial charge >= 0.3 is 12.0 Å². The van der Waals surface area contributed by atoms with E-state index in [2.05, 4.69) is 26.0 Å². The third-order valence-electron chi connectivity index (χ3n) is 7.37. The molecule has 0 bridgehead atoms. The number of aliphatic carboxylic acids is 1. The van der Waals surface area contributed by atoms with Gasteiger partial charge in [-0.3, -0.25) is 24.2 Å². The number of likely N-dealkylation sites (N-methyl/N-ethyl adjacent to an activating group) is 1. The topological polar surface area (TPSA) is 176 Å². The Bertz CT molecular complexity index is 1840. The van der Waals surface area contributed by atoms with Crippen molar-refractivity contribution in [1.29, 1.82) is 0 Å². The van der Waals surface area contributed by atoms with E-state index in [0.717, 1.165) is 15.5 Å². The molecule has 0 aliphatic rings. The molecule has 256 valence electrons. The molecule has 2 aromatic heterocycles. The first-order valence-corrected chi connectivity index (χ1v) is 16.5. The molecule has 4 amide bonds. The molecule has 2 heterocycles. The highest BCUT2D eigenvalue weighted by Crippen LogP contribution is 2.33. The van der Waals surface area contributed by atoms with Gasteiger partial charge in [0.2, 0.25) is 11.8 Å². The van der Waals surface area contributed by atoms with E-state index in [1.807, 2.05) is 55.5 Å². The molecule has 0 aliphatic heterocycles. The van der Waals surface area contributed by atoms with E-state index in [1.54, 1.807) is 37.5 Å². The van der Waals surface area contributed by atoms with Crippen molar-refractivity contribution < 1.29 is 29.1 Å². The van der Waals surface area contributed by atoms with E-state index < -0.39 is 12.0 Å². The number of benzene rings is 2. The van der Waals surface area contributed by atoms with Gasteiger partial charge in [0, 0.05) is 54.5 Å². The second-order valence-corrected chi connectivity index (χ2v) is 12.3. The number of carboxylic acid groups (broad SMARTS) is 1. The Kier molecular flexibility index (Phi) is 13.0. The van der Waals surface area contributed by atoms with Crippen LogP contribution in [0.5, 0.6) is 0 Å². The monoisotopic (exact) mass is 685 g/mol. The standard InChI is InChI=1S/C35H39N7O6S/c1-23(9-8-13-31(43)38-20-18-33(45)46)39-32(44)22-41(3)35(48)42-29-21-25(49-30-12-5-4-11-27(30)34(47)36-2)15-16-26(29)28(40-42)17-14-24-10-6-7-19-37-24/h4-7,10-12,14-17,19,21,23H,8-9,13,18,20,22H2,1-3H3,(H,36,47)(H,38,43)(H,39,44)(H,45,46)/b17-14+. The molecule has 4 N–H and O–H groups in total. The fourth-order valence-electron chi connectivity index (χ4n) is 4.90. The summed E-state index contributed by atoms with van der Waals surface area (Å²) in [4.78, 5) is 68.7. The number of aromatic nitrogens is 3. The summed E-state index contributed by atoms with van der Waals surface area (Å²) in [5.41, 5.74) is 2.30. The lowest BCUT2D eigenvalue weighted by atomic mass is 10.1. The third kappa shape index (κ3) is 10.5. The Labute approximate surface area is 288 Å². The lowest BCUT2D eigenvalue weighted by Crippen LogP contribution is -2.43. The number of carbonyl (C=O) groups is 5. The maximum atomic E-state index is 13.8. The van der Waals surface area contributed by atoms with Crippen LogP contribution in [0, 0.1) is 0 Å². The molecular formula is C35H39N7O6S. The van der Waals surface area contributed by atoms with Crippen LogP contribution in [0.2, 0.25) is 0 Å². The molecule has 4 rings (SSSR count). The highest BCUT2D eigenvalue weighted by molar-refractivity contribution is 7.99. The van der Waals surface area contributed by atoms with E-state index in [0.29, 0.717) is 35.0 Å². The highest BCUT2D eigenvalue weighted by atomic mass is 32.2. The number of amides is 4. The summed E-state index contributed by atoms with van der Waals surface area (Å²) in [7, 11) is 3.09. The highest BCUT2D eigenvalue weighted by Gasteiger charge is 2.21. The minimum Gasteiger partial charge on any atom is -0.481 e. The van der Waals surface area contributed by atoms with E-state index in [1.165, 1.54) is 28.4 Å². The molecule has 49 heavy (non-hydrogen) atoms. The predicted octanol–water partition coefficient (Wildman–Crippen LogP) is 4.28. The summed E-state index contributed by atoms with van der Waals surface area (Å²) in [6.45, 7) is 1.65. The number of pyridine rings is 1. The summed E-state index contributed by atoms with van der Waals surface area (Å²) < 4.78 is 1.27. The number of carboxylic acids is 1. The van der Waals surface area contributed by atoms with Gasteiger partial charge in [0.05, 0.1) is 28.9 Å². The van der Waals surface area contributed by atoms with Gasteiger partial charge < -0.3 is 26.0 Å². The summed E-state index contributed by atoms with van der Waals surface area (Å²) in [6.07, 6.45) is 6.35. The summed E-state index contributed by atoms with van der Waals surface area (Å²) in [6, 6.07) is 17.6. The van der Waals surface area contributed by atoms with Crippen molar-refractivity contribution in [3.05, 3.63) is 83.8 Å². The van der Waals surface area contributed by atoms with Gasteiger partial charge in [-0.25, -0.2) is 4.79 Å². The molecule has 0 radical (unpaired) electrons. The van der Waals surface area contributed by atoms with Crippen LogP contribution in [0.4, 0.5) is 4.79 Å². The second kappa shape index (κ2) is 17.6. The Morgan fingerprint density at radius 3 is 2.51 bits per heavy atom. The molecule has 0 aliphatic carbocycles. The minimum atomic E-state index is -0.983. The number of hydrogen-bond acceptors (Lipinski definition) is 8. The van der Waals surface area contributed by atoms with Gasteiger partial charge in [-0.05, 0) is 74.4 Å². The summed E-state index contributed by atoms with van der Waals surface area (Å²) in [5, 5.41) is 22.1. The van der Waals surface area contributed by atoms with Crippen LogP contribution in [-0.4, -0.2) is 87.7 Å². The van der Waals surface area contributed by atoms with Crippen molar-refractivity contribution in [2.24, 2.45) is 0 Å². The molecule has 0 spiro atoms. The van der Waals surface area contributed by atoms with Crippen LogP contribution < -0.4 is 16.0 Å². The first-order valence-electron chi connectivity index (χ1n) is 15.7. The molecule has 14 heteroatoms. The molecular weight excluding hydrogens is 646 g/mol. The SMILES string of the molecule is CNC(=O)c1ccccc1Sc1ccc2c(/C=C/c3ccccn3)nn(C(=O)N(C)CC(=O)NC(C)CCCC(=O)NCCC(=O)O)c2c1. The van der Waals surface area contributed by atoms with E-state index in [4.69, 9.17) is 5.11 Å². The maximum Gasteiger partial charge on any atom is 0.345 e. The first kappa shape index (κ1) is 36.3. The van der Waals surface area contributed by atoms with Gasteiger partial charge in [0.1, 0.15) is 6.54 Å². The molecule has 1 unspecified atom stereocenters. The van der Waals surface area contributed by atoms with E-state index in [9.17, 15) is 24.0 Å². The maximum absolute atomic E-state index is 13.8. The fraction of sp³-hybridized carbons (Fsp3) is 0.286. The number of nitrogens with zero attached hydrogens (tertiary/aromatic N) is 4. The van der Waals surface area contributed by atoms with Gasteiger partial charge in [-0.1, -0.05) is 30.0 Å². The average Bonchev–Trinajstić information content (AvgIpc) is 3.44. The quantitative estimate of drug-likeness (QED) is 0.142. The number of rotatable bonds is 15. The second-order valence-electron chi connectivity index (χ2n) is 11.2. The van der Waals surface area contributed by atoms with Crippen LogP contribution in [0.15, 0.2) is 76.7 Å². The fourth-order valence-corrected chi connectivity index (χ4v) is 5.88. The Morgan fingerprint density at radius 2 is 1.78 bits per heavy atom. The Morgan fingerprint density at radius 1 is 1.00 bits per heavy atom. The molecule has 0 saturated carbocycles. The van der Waals surface area contributed by atoms with E-state index in [-0.39, 0.29) is 49.7 Å². The lowest BCUT2D eigenvalue weighted by molar-refractivity contribution is -0.137. The minimum absolute atomic E-state index is 0.0696. The largest absolute Gasteiger partial charge is 0.481 e. The molecule has 2 aromatic carbocycles. The van der Waals surface area contributed by atoms with Crippen molar-refractivity contribution in [3.63, 3.8) is 0 Å². The zero-order chi connectivity index (χ0) is 35.3. The Hall–Kier alpha value is -5.50. The number of carbonyl (C=O) groups excluding carboxylic acids is 4. The molecule has 0 fully saturated rings. The van der Waals surface area contributed by atoms with Crippen LogP contribution in [0.3, 0.4) is 0 Å². The van der Waals surface area contributed by atoms with Crippen LogP contribution in [-0.2, 0) is 14.4 Å². The van der Waals surface area contributed by atoms with Gasteiger partial charge in [-0.2, -0.15) is 9.78 Å². The van der Waals surface area contributed by atoms with Crippen molar-refractivity contribution in [2.45, 2.75) is 48.4 Å². The number of nitrogens with one attached hydrogen (secondary N) is 3. The normalized spacial score (nSPS) is 11.7. The van der Waals surface area contributed by atoms with Crippen molar-refractivity contribution in [3.8, 4) is 0 Å². The molecule has 4 aromatic rings. The van der Waals surface area contributed by atoms with Gasteiger partial charge in [-0.15, -0.1) is 0 Å². The zero-order valence-electron chi connectivity index (χ0n) is 27.5. The van der Waals surface area contributed by atoms with Gasteiger partial charge in [0.25, 0.3) is 5.91 Å². The van der Waals surface area contributed by atoms with Crippen molar-refractivity contribution >= 4 is 64.5 Å². The van der Waals surface area contributed by atoms with Crippen LogP contribution in [0.1, 0.15) is 54.4 Å². The number of fused-ring (bicyclic) bond motifs is 1. The zero-order valence-corrected chi connectivity index (χ0v) is 28.3. The van der Waals surface area contributed by atoms with Crippen LogP contribution >= 0.6 is 11.8 Å². The van der Waals surface area contributed by atoms with Crippen molar-refractivity contribution in [2.75, 3.05) is 27.2 Å². The third-order valence-corrected chi connectivity index (χ3v) is 8.43. The summed E-state index contributed by atoms with van der Waals surface area (Å²) >= 11 is 1.38. The Balaban J connectivity index is 1.49. The van der Waals surface area contributed by atoms with Gasteiger partial charge in [0.15, 0.2) is 0 Å². The lowest BCUT2D eigenvalue weighted by Gasteiger charge is -2.19. The average molecular weight is 686 g/mol. The smallest absolute Gasteiger partial charge is 0.345 e. The first-order chi connectivity index (χ1) is 23.5. The molecule has 1 atom stereocenters. The summed E-state index contributed by atoms with van der Waals surface area (Å²) in [5.74, 6) is -1.81. The van der Waals surface area contributed by atoms with Crippen molar-refractivity contribution in [1.82, 2.24) is 35.6 Å². The molecule has 0 saturated heterocycles. The predicted molar refractivity (Wildman–Crippen MR) is 187 cm³/mol. The molecule has 13 nitrogen and oxygen atoms in total. The van der Waals surface area contributed by atoms with E-state index >= 15 is 0 Å². The van der Waals surface area contributed by atoms with Crippen LogP contribution in [0.25, 0.3) is 23.1 Å². The number of hydrogen-bond donors (Lipinski definition) is 4.